The van der Waals surface area contributed by atoms with E-state index in [0.717, 1.165) is 32.1 Å². The lowest BCUT2D eigenvalue weighted by Crippen LogP contribution is -2.37. The number of phosphoric acid groups is 1. The lowest BCUT2D eigenvalue weighted by atomic mass is 10.0. The topological polar surface area (TPSA) is 91.3 Å². The number of unbranched alkanes of at least 4 members (excludes halogenated alkanes) is 32. The van der Waals surface area contributed by atoms with Crippen molar-refractivity contribution >= 4 is 13.8 Å². The molecular weight excluding hydrogens is 806 g/mol. The molecule has 0 aromatic rings. The van der Waals surface area contributed by atoms with Crippen molar-refractivity contribution in [3.05, 3.63) is 36.6 Å². The zero-order chi connectivity index (χ0) is 46.2. The summed E-state index contributed by atoms with van der Waals surface area (Å²) in [5.74, 6) is -0.372. The summed E-state index contributed by atoms with van der Waals surface area (Å²) >= 11 is 0. The lowest BCUT2D eigenvalue weighted by Gasteiger charge is -2.24. The van der Waals surface area contributed by atoms with Crippen LogP contribution in [0.1, 0.15) is 251 Å². The Morgan fingerprint density at radius 3 is 1.27 bits per heavy atom. The molecule has 63 heavy (non-hydrogen) atoms. The van der Waals surface area contributed by atoms with Gasteiger partial charge >= 0.3 is 13.8 Å². The summed E-state index contributed by atoms with van der Waals surface area (Å²) in [6.07, 6.45) is 58.8. The van der Waals surface area contributed by atoms with Gasteiger partial charge in [0.25, 0.3) is 0 Å². The quantitative estimate of drug-likeness (QED) is 0.0162. The number of quaternary nitrogens is 1. The smallest absolute Gasteiger partial charge is 0.472 e. The van der Waals surface area contributed by atoms with Gasteiger partial charge in [0.1, 0.15) is 19.8 Å². The zero-order valence-electron chi connectivity index (χ0n) is 42.3. The van der Waals surface area contributed by atoms with E-state index in [4.69, 9.17) is 18.5 Å². The number of allylic oxidation sites excluding steroid dienone is 5. The van der Waals surface area contributed by atoms with E-state index in [1.165, 1.54) is 193 Å². The number of carbonyl (C=O) groups is 1. The molecule has 0 aliphatic carbocycles. The van der Waals surface area contributed by atoms with E-state index in [1.54, 1.807) is 6.26 Å². The first-order valence-corrected chi connectivity index (χ1v) is 28.3. The van der Waals surface area contributed by atoms with Crippen LogP contribution in [0.15, 0.2) is 36.6 Å². The maximum absolute atomic E-state index is 12.7. The van der Waals surface area contributed by atoms with Gasteiger partial charge < -0.3 is 18.9 Å². The molecule has 2 atom stereocenters. The zero-order valence-corrected chi connectivity index (χ0v) is 43.2. The van der Waals surface area contributed by atoms with Crippen LogP contribution in [0.2, 0.25) is 0 Å². The van der Waals surface area contributed by atoms with E-state index in [-0.39, 0.29) is 32.2 Å². The first kappa shape index (κ1) is 61.6. The monoisotopic (exact) mass is 911 g/mol. The molecule has 0 aromatic carbocycles. The average molecular weight is 911 g/mol. The van der Waals surface area contributed by atoms with Crippen LogP contribution in [0.3, 0.4) is 0 Å². The minimum Gasteiger partial charge on any atom is -0.498 e. The van der Waals surface area contributed by atoms with E-state index >= 15 is 0 Å². The minimum atomic E-state index is -4.31. The second kappa shape index (κ2) is 47.1. The van der Waals surface area contributed by atoms with E-state index in [1.807, 2.05) is 27.2 Å². The SMILES string of the molecule is CCCCCCCCCCCCCCCC/C=C/CC/C=C/CCCC(=O)O[C@H](CO/C=C/CCCCCCCCCCCCCCCCCC)COP(=O)(O)OCC[N+](C)(C)C. The first-order chi connectivity index (χ1) is 30.6. The molecule has 0 aliphatic heterocycles. The molecule has 8 nitrogen and oxygen atoms in total. The van der Waals surface area contributed by atoms with Crippen molar-refractivity contribution in [2.24, 2.45) is 0 Å². The molecule has 0 aliphatic rings. The summed E-state index contributed by atoms with van der Waals surface area (Å²) < 4.78 is 34.9. The van der Waals surface area contributed by atoms with Gasteiger partial charge in [0.2, 0.25) is 0 Å². The Kier molecular flexibility index (Phi) is 46.0. The Balaban J connectivity index is 4.20. The van der Waals surface area contributed by atoms with Gasteiger partial charge in [0, 0.05) is 6.42 Å². The van der Waals surface area contributed by atoms with Crippen molar-refractivity contribution < 1.29 is 37.3 Å². The largest absolute Gasteiger partial charge is 0.498 e. The number of phosphoric ester groups is 1. The fourth-order valence-corrected chi connectivity index (χ4v) is 8.34. The van der Waals surface area contributed by atoms with E-state index < -0.39 is 13.9 Å². The predicted molar refractivity (Wildman–Crippen MR) is 270 cm³/mol. The molecule has 1 unspecified atom stereocenters. The van der Waals surface area contributed by atoms with E-state index in [9.17, 15) is 14.3 Å². The molecule has 0 heterocycles. The van der Waals surface area contributed by atoms with Crippen molar-refractivity contribution in [1.82, 2.24) is 0 Å². The summed E-state index contributed by atoms with van der Waals surface area (Å²) in [5, 5.41) is 0. The highest BCUT2D eigenvalue weighted by atomic mass is 31.2. The Hall–Kier alpha value is -1.44. The molecule has 0 radical (unpaired) electrons. The first-order valence-electron chi connectivity index (χ1n) is 26.8. The molecule has 0 saturated heterocycles. The number of hydrogen-bond donors (Lipinski definition) is 1. The van der Waals surface area contributed by atoms with Crippen molar-refractivity contribution in [2.75, 3.05) is 47.5 Å². The van der Waals surface area contributed by atoms with Gasteiger partial charge in [0.15, 0.2) is 6.10 Å². The minimum absolute atomic E-state index is 0.0346. The van der Waals surface area contributed by atoms with Gasteiger partial charge in [-0.3, -0.25) is 13.8 Å². The Morgan fingerprint density at radius 2 is 0.857 bits per heavy atom. The molecule has 9 heteroatoms. The molecule has 0 aromatic heterocycles. The third-order valence-corrected chi connectivity index (χ3v) is 12.7. The highest BCUT2D eigenvalue weighted by molar-refractivity contribution is 7.47. The predicted octanol–water partition coefficient (Wildman–Crippen LogP) is 16.9. The maximum Gasteiger partial charge on any atom is 0.472 e. The number of hydrogen-bond acceptors (Lipinski definition) is 6. The Labute approximate surface area is 391 Å². The molecule has 372 valence electrons. The van der Waals surface area contributed by atoms with Gasteiger partial charge in [-0.15, -0.1) is 0 Å². The second-order valence-electron chi connectivity index (χ2n) is 19.3. The van der Waals surface area contributed by atoms with Gasteiger partial charge in [-0.1, -0.05) is 218 Å². The van der Waals surface area contributed by atoms with Crippen LogP contribution < -0.4 is 0 Å². The molecular formula is C54H105NO7P+. The number of likely N-dealkylation sites (N-methyl/N-ethyl adjacent to an activating group) is 1. The molecule has 0 bridgehead atoms. The van der Waals surface area contributed by atoms with Crippen LogP contribution in [0.25, 0.3) is 0 Å². The van der Waals surface area contributed by atoms with Crippen LogP contribution in [0, 0.1) is 0 Å². The third kappa shape index (κ3) is 51.4. The molecule has 0 rings (SSSR count). The third-order valence-electron chi connectivity index (χ3n) is 11.7. The number of carbonyl (C=O) groups excluding carboxylic acids is 1. The van der Waals surface area contributed by atoms with Crippen molar-refractivity contribution in [2.45, 2.75) is 258 Å². The molecule has 0 spiro atoms. The number of nitrogens with zero attached hydrogens (tertiary/aromatic N) is 1. The fourth-order valence-electron chi connectivity index (χ4n) is 7.60. The summed E-state index contributed by atoms with van der Waals surface area (Å²) in [4.78, 5) is 23.0. The normalized spacial score (nSPS) is 13.7. The Bertz CT molecular complexity index is 1100. The van der Waals surface area contributed by atoms with Crippen LogP contribution in [0.4, 0.5) is 0 Å². The second-order valence-corrected chi connectivity index (χ2v) is 20.8. The maximum atomic E-state index is 12.7. The summed E-state index contributed by atoms with van der Waals surface area (Å²) in [6, 6.07) is 0. The van der Waals surface area contributed by atoms with Crippen LogP contribution in [0.5, 0.6) is 0 Å². The summed E-state index contributed by atoms with van der Waals surface area (Å²) in [5.41, 5.74) is 0. The highest BCUT2D eigenvalue weighted by Gasteiger charge is 2.26. The van der Waals surface area contributed by atoms with E-state index in [0.29, 0.717) is 17.4 Å². The highest BCUT2D eigenvalue weighted by Crippen LogP contribution is 2.43. The standard InChI is InChI=1S/C54H104NO7P/c1-6-8-10-12-14-16-18-20-22-24-26-27-28-29-30-31-33-35-37-39-41-43-45-47-54(56)62-53(52-61-63(57,58)60-50-48-55(3,4)5)51-59-49-46-44-42-40-38-36-34-32-25-23-21-19-17-15-13-11-9-7-2/h31,33,39,41,46,49,53H,6-30,32,34-38,40,42-45,47-48,50-52H2,1-5H3/p+1/b33-31+,41-39+,49-46+/t53-/m1/s1. The number of ether oxygens (including phenoxy) is 2. The van der Waals surface area contributed by atoms with Crippen molar-refractivity contribution in [3.8, 4) is 0 Å². The molecule has 0 fully saturated rings. The van der Waals surface area contributed by atoms with Gasteiger partial charge in [0.05, 0.1) is 34.0 Å². The van der Waals surface area contributed by atoms with E-state index in [2.05, 4.69) is 38.2 Å². The van der Waals surface area contributed by atoms with Gasteiger partial charge in [-0.2, -0.15) is 0 Å². The Morgan fingerprint density at radius 1 is 0.492 bits per heavy atom. The number of esters is 1. The average Bonchev–Trinajstić information content (AvgIpc) is 3.24. The summed E-state index contributed by atoms with van der Waals surface area (Å²) in [7, 11) is 1.62. The van der Waals surface area contributed by atoms with Gasteiger partial charge in [-0.25, -0.2) is 4.57 Å². The van der Waals surface area contributed by atoms with Crippen molar-refractivity contribution in [3.63, 3.8) is 0 Å². The number of rotatable bonds is 50. The van der Waals surface area contributed by atoms with Gasteiger partial charge in [-0.05, 0) is 57.4 Å². The lowest BCUT2D eigenvalue weighted by molar-refractivity contribution is -0.870. The molecule has 0 saturated carbocycles. The molecule has 1 N–H and O–H groups in total. The van der Waals surface area contributed by atoms with Crippen molar-refractivity contribution in [1.29, 1.82) is 0 Å². The summed E-state index contributed by atoms with van der Waals surface area (Å²) in [6.45, 7) is 4.93. The van der Waals surface area contributed by atoms with Crippen LogP contribution in [-0.4, -0.2) is 69.0 Å². The fraction of sp³-hybridized carbons (Fsp3) is 0.870. The van der Waals surface area contributed by atoms with Crippen LogP contribution in [-0.2, 0) is 27.9 Å². The molecule has 0 amide bonds. The van der Waals surface area contributed by atoms with Crippen LogP contribution >= 0.6 is 7.82 Å².